The molecule has 1 aromatic carbocycles. The van der Waals surface area contributed by atoms with Gasteiger partial charge in [0, 0.05) is 25.4 Å². The fourth-order valence-electron chi connectivity index (χ4n) is 2.47. The van der Waals surface area contributed by atoms with Crippen molar-refractivity contribution in [3.05, 3.63) is 47.7 Å². The number of aromatic nitrogens is 1. The lowest BCUT2D eigenvalue weighted by atomic mass is 10.1. The maximum atomic E-state index is 12.5. The normalized spacial score (nSPS) is 11.3. The molecule has 0 fully saturated rings. The van der Waals surface area contributed by atoms with Crippen LogP contribution in [0.5, 0.6) is 17.2 Å². The van der Waals surface area contributed by atoms with Crippen LogP contribution in [0.4, 0.5) is 19.0 Å². The van der Waals surface area contributed by atoms with Crippen molar-refractivity contribution >= 4 is 17.8 Å². The van der Waals surface area contributed by atoms with Gasteiger partial charge in [-0.1, -0.05) is 0 Å². The largest absolute Gasteiger partial charge is 0.493 e. The van der Waals surface area contributed by atoms with Gasteiger partial charge in [0.15, 0.2) is 11.5 Å². The van der Waals surface area contributed by atoms with Crippen LogP contribution < -0.4 is 24.8 Å². The zero-order valence-electron chi connectivity index (χ0n) is 16.7. The van der Waals surface area contributed by atoms with E-state index >= 15 is 0 Å². The number of nitrogens with one attached hydrogen (secondary N) is 2. The number of carbonyl (C=O) groups excluding carboxylic acids is 1. The topological polar surface area (TPSA) is 81.7 Å². The van der Waals surface area contributed by atoms with Crippen LogP contribution in [0, 0.1) is 0 Å². The Labute approximate surface area is 171 Å². The summed E-state index contributed by atoms with van der Waals surface area (Å²) in [5, 5.41) is 5.49. The number of hydrogen-bond acceptors (Lipinski definition) is 6. The van der Waals surface area contributed by atoms with Crippen molar-refractivity contribution in [3.63, 3.8) is 0 Å². The summed E-state index contributed by atoms with van der Waals surface area (Å²) >= 11 is 0. The van der Waals surface area contributed by atoms with Crippen molar-refractivity contribution in [1.82, 2.24) is 10.3 Å². The molecule has 0 aliphatic carbocycles. The van der Waals surface area contributed by atoms with Gasteiger partial charge in [-0.25, -0.2) is 4.98 Å². The van der Waals surface area contributed by atoms with E-state index in [9.17, 15) is 18.0 Å². The molecule has 2 N–H and O–H groups in total. The molecule has 0 aliphatic rings. The Morgan fingerprint density at radius 3 is 2.23 bits per heavy atom. The molecule has 30 heavy (non-hydrogen) atoms. The minimum Gasteiger partial charge on any atom is -0.493 e. The first-order valence-electron chi connectivity index (χ1n) is 8.81. The minimum absolute atomic E-state index is 0.251. The zero-order chi connectivity index (χ0) is 22.1. The monoisotopic (exact) mass is 425 g/mol. The zero-order valence-corrected chi connectivity index (χ0v) is 16.7. The number of anilines is 1. The maximum Gasteiger partial charge on any atom is 0.417 e. The van der Waals surface area contributed by atoms with E-state index in [1.807, 2.05) is 0 Å². The van der Waals surface area contributed by atoms with Crippen molar-refractivity contribution < 1.29 is 32.2 Å². The number of benzene rings is 1. The van der Waals surface area contributed by atoms with Crippen molar-refractivity contribution in [2.45, 2.75) is 6.18 Å². The van der Waals surface area contributed by atoms with Gasteiger partial charge >= 0.3 is 6.18 Å². The van der Waals surface area contributed by atoms with Crippen LogP contribution in [0.1, 0.15) is 11.1 Å². The fourth-order valence-corrected chi connectivity index (χ4v) is 2.47. The van der Waals surface area contributed by atoms with Crippen LogP contribution in [-0.2, 0) is 11.0 Å². The van der Waals surface area contributed by atoms with E-state index in [0.717, 1.165) is 12.3 Å². The summed E-state index contributed by atoms with van der Waals surface area (Å²) in [7, 11) is 4.49. The molecule has 0 radical (unpaired) electrons. The molecular formula is C20H22F3N3O4. The van der Waals surface area contributed by atoms with E-state index in [0.29, 0.717) is 29.4 Å². The highest BCUT2D eigenvalue weighted by Crippen LogP contribution is 2.38. The van der Waals surface area contributed by atoms with E-state index in [-0.39, 0.29) is 18.3 Å². The molecule has 2 rings (SSSR count). The van der Waals surface area contributed by atoms with E-state index < -0.39 is 11.7 Å². The first-order valence-corrected chi connectivity index (χ1v) is 8.81. The first kappa shape index (κ1) is 22.9. The average Bonchev–Trinajstić information content (AvgIpc) is 2.74. The third-order valence-corrected chi connectivity index (χ3v) is 3.94. The van der Waals surface area contributed by atoms with Gasteiger partial charge in [0.2, 0.25) is 11.7 Å². The minimum atomic E-state index is -4.43. The lowest BCUT2D eigenvalue weighted by Gasteiger charge is -2.12. The van der Waals surface area contributed by atoms with Crippen molar-refractivity contribution in [1.29, 1.82) is 0 Å². The summed E-state index contributed by atoms with van der Waals surface area (Å²) in [6.45, 7) is 0.545. The molecule has 0 aliphatic heterocycles. The van der Waals surface area contributed by atoms with Gasteiger partial charge in [0.05, 0.1) is 26.9 Å². The summed E-state index contributed by atoms with van der Waals surface area (Å²) in [4.78, 5) is 15.7. The molecule has 1 heterocycles. The number of halogens is 3. The summed E-state index contributed by atoms with van der Waals surface area (Å²) in [5.41, 5.74) is -0.148. The number of alkyl halides is 3. The summed E-state index contributed by atoms with van der Waals surface area (Å²) < 4.78 is 53.3. The Morgan fingerprint density at radius 1 is 1.07 bits per heavy atom. The second-order valence-electron chi connectivity index (χ2n) is 5.94. The number of carbonyl (C=O) groups is 1. The second kappa shape index (κ2) is 10.4. The van der Waals surface area contributed by atoms with Gasteiger partial charge in [-0.3, -0.25) is 4.79 Å². The highest BCUT2D eigenvalue weighted by Gasteiger charge is 2.30. The van der Waals surface area contributed by atoms with Gasteiger partial charge in [-0.05, 0) is 35.9 Å². The Bertz CT molecular complexity index is 859. The van der Waals surface area contributed by atoms with E-state index in [1.165, 1.54) is 33.5 Å². The summed E-state index contributed by atoms with van der Waals surface area (Å²) in [5.74, 6) is 1.32. The summed E-state index contributed by atoms with van der Waals surface area (Å²) in [6.07, 6.45) is -0.744. The van der Waals surface area contributed by atoms with Crippen LogP contribution in [0.3, 0.4) is 0 Å². The Kier molecular flexibility index (Phi) is 7.90. The number of ether oxygens (including phenoxy) is 3. The molecule has 0 saturated heterocycles. The number of nitrogens with zero attached hydrogens (tertiary/aromatic N) is 1. The molecule has 0 bridgehead atoms. The fraction of sp³-hybridized carbons (Fsp3) is 0.300. The van der Waals surface area contributed by atoms with Gasteiger partial charge in [0.25, 0.3) is 0 Å². The molecule has 1 amide bonds. The van der Waals surface area contributed by atoms with Crippen LogP contribution in [0.25, 0.3) is 6.08 Å². The average molecular weight is 425 g/mol. The Hall–Kier alpha value is -3.43. The van der Waals surface area contributed by atoms with Gasteiger partial charge in [-0.2, -0.15) is 13.2 Å². The van der Waals surface area contributed by atoms with Crippen molar-refractivity contribution in [2.24, 2.45) is 0 Å². The lowest BCUT2D eigenvalue weighted by molar-refractivity contribution is -0.137. The second-order valence-corrected chi connectivity index (χ2v) is 5.94. The highest BCUT2D eigenvalue weighted by molar-refractivity contribution is 5.91. The molecule has 10 heteroatoms. The SMILES string of the molecule is COc1cc(/C=C/C(=O)NCCNc2ccc(C(F)(F)F)cn2)cc(OC)c1OC. The molecule has 0 saturated carbocycles. The highest BCUT2D eigenvalue weighted by atomic mass is 19.4. The first-order chi connectivity index (χ1) is 14.3. The van der Waals surface area contributed by atoms with Crippen LogP contribution in [-0.4, -0.2) is 45.3 Å². The van der Waals surface area contributed by atoms with E-state index in [2.05, 4.69) is 15.6 Å². The molecule has 1 aromatic heterocycles. The van der Waals surface area contributed by atoms with Crippen molar-refractivity contribution in [2.75, 3.05) is 39.7 Å². The smallest absolute Gasteiger partial charge is 0.417 e. The number of methoxy groups -OCH3 is 3. The molecular weight excluding hydrogens is 403 g/mol. The van der Waals surface area contributed by atoms with Gasteiger partial charge in [0.1, 0.15) is 5.82 Å². The Morgan fingerprint density at radius 2 is 1.73 bits per heavy atom. The maximum absolute atomic E-state index is 12.5. The van der Waals surface area contributed by atoms with Crippen LogP contribution >= 0.6 is 0 Å². The number of rotatable bonds is 9. The molecule has 0 unspecified atom stereocenters. The number of pyridine rings is 1. The molecule has 7 nitrogen and oxygen atoms in total. The molecule has 162 valence electrons. The van der Waals surface area contributed by atoms with Gasteiger partial charge < -0.3 is 24.8 Å². The van der Waals surface area contributed by atoms with Crippen molar-refractivity contribution in [3.8, 4) is 17.2 Å². The molecule has 0 spiro atoms. The predicted molar refractivity (Wildman–Crippen MR) is 106 cm³/mol. The third kappa shape index (κ3) is 6.29. The standard InChI is InChI=1S/C20H22F3N3O4/c1-28-15-10-13(11-16(29-2)19(15)30-3)4-7-18(27)25-9-8-24-17-6-5-14(12-26-17)20(21,22)23/h4-7,10-12H,8-9H2,1-3H3,(H,24,26)(H,25,27)/b7-4+. The predicted octanol–water partition coefficient (Wildman–Crippen LogP) is 3.37. The van der Waals surface area contributed by atoms with Crippen LogP contribution in [0.2, 0.25) is 0 Å². The lowest BCUT2D eigenvalue weighted by Crippen LogP contribution is -2.27. The van der Waals surface area contributed by atoms with Gasteiger partial charge in [-0.15, -0.1) is 0 Å². The molecule has 2 aromatic rings. The van der Waals surface area contributed by atoms with Crippen LogP contribution in [0.15, 0.2) is 36.5 Å². The summed E-state index contributed by atoms with van der Waals surface area (Å²) in [6, 6.07) is 5.56. The molecule has 0 atom stereocenters. The van der Waals surface area contributed by atoms with E-state index in [1.54, 1.807) is 18.2 Å². The quantitative estimate of drug-likeness (QED) is 0.474. The number of hydrogen-bond donors (Lipinski definition) is 2. The number of amides is 1. The third-order valence-electron chi connectivity index (χ3n) is 3.94. The van der Waals surface area contributed by atoms with E-state index in [4.69, 9.17) is 14.2 Å². The Balaban J connectivity index is 1.85.